The van der Waals surface area contributed by atoms with Crippen LogP contribution in [0.5, 0.6) is 0 Å². The molecule has 0 saturated carbocycles. The monoisotopic (exact) mass is 323 g/mol. The first-order valence-electron chi connectivity index (χ1n) is 7.10. The number of rotatable bonds is 4. The molecule has 1 aromatic carbocycles. The lowest BCUT2D eigenvalue weighted by atomic mass is 9.75. The molecule has 0 atom stereocenters. The van der Waals surface area contributed by atoms with Gasteiger partial charge in [-0.2, -0.15) is 0 Å². The van der Waals surface area contributed by atoms with Crippen molar-refractivity contribution in [3.8, 4) is 0 Å². The molecule has 1 amide bonds. The van der Waals surface area contributed by atoms with Crippen molar-refractivity contribution in [2.45, 2.75) is 39.7 Å². The van der Waals surface area contributed by atoms with Crippen LogP contribution in [0.4, 0.5) is 10.5 Å². The van der Waals surface area contributed by atoms with Crippen molar-refractivity contribution in [2.24, 2.45) is 0 Å². The number of hydrogen-bond donors (Lipinski definition) is 3. The number of anilines is 1. The highest BCUT2D eigenvalue weighted by atomic mass is 16.6. The van der Waals surface area contributed by atoms with Gasteiger partial charge in [0.25, 0.3) is 0 Å². The third-order valence-corrected chi connectivity index (χ3v) is 3.21. The van der Waals surface area contributed by atoms with Crippen LogP contribution >= 0.6 is 0 Å². The molecule has 0 saturated heterocycles. The second kappa shape index (κ2) is 7.01. The van der Waals surface area contributed by atoms with E-state index in [4.69, 9.17) is 9.84 Å². The maximum absolute atomic E-state index is 12.1. The number of aliphatic carboxylic acids is 1. The van der Waals surface area contributed by atoms with Gasteiger partial charge in [-0.3, -0.25) is 9.69 Å². The first-order valence-corrected chi connectivity index (χ1v) is 7.10. The van der Waals surface area contributed by atoms with Gasteiger partial charge in [0, 0.05) is 12.7 Å². The zero-order valence-electron chi connectivity index (χ0n) is 14.0. The highest BCUT2D eigenvalue weighted by molar-refractivity contribution is 6.59. The number of carbonyl (C=O) groups excluding carboxylic acids is 1. The van der Waals surface area contributed by atoms with Crippen LogP contribution in [0.3, 0.4) is 0 Å². The van der Waals surface area contributed by atoms with E-state index < -0.39 is 24.8 Å². The van der Waals surface area contributed by atoms with E-state index in [1.54, 1.807) is 27.7 Å². The van der Waals surface area contributed by atoms with Gasteiger partial charge in [-0.1, -0.05) is 0 Å². The Kier molecular flexibility index (Phi) is 5.79. The van der Waals surface area contributed by atoms with Gasteiger partial charge in [0.1, 0.15) is 5.60 Å². The lowest BCUT2D eigenvalue weighted by Gasteiger charge is -2.25. The molecule has 0 bridgehead atoms. The SMILES string of the molecule is Cc1c(CC(=O)O)cc(N(C)C(=O)OC(C)(C)C)cc1B(O)O. The summed E-state index contributed by atoms with van der Waals surface area (Å²) in [7, 11) is -0.300. The summed E-state index contributed by atoms with van der Waals surface area (Å²) in [5.74, 6) is -1.05. The standard InChI is InChI=1S/C15H22BNO6/c1-9-10(7-13(18)19)6-11(8-12(9)16(21)22)17(5)14(20)23-15(2,3)4/h6,8,21-22H,7H2,1-5H3,(H,18,19). The molecule has 0 radical (unpaired) electrons. The Bertz CT molecular complexity index is 609. The van der Waals surface area contributed by atoms with E-state index in [2.05, 4.69) is 0 Å². The van der Waals surface area contributed by atoms with E-state index in [9.17, 15) is 19.6 Å². The minimum absolute atomic E-state index is 0.147. The van der Waals surface area contributed by atoms with E-state index in [1.807, 2.05) is 0 Å². The molecule has 1 aromatic rings. The highest BCUT2D eigenvalue weighted by Crippen LogP contribution is 2.20. The second-order valence-corrected chi connectivity index (χ2v) is 6.30. The molecule has 0 fully saturated rings. The third-order valence-electron chi connectivity index (χ3n) is 3.21. The molecule has 7 nitrogen and oxygen atoms in total. The fourth-order valence-electron chi connectivity index (χ4n) is 2.03. The van der Waals surface area contributed by atoms with Crippen LogP contribution in [-0.2, 0) is 16.0 Å². The maximum Gasteiger partial charge on any atom is 0.488 e. The van der Waals surface area contributed by atoms with E-state index in [0.717, 1.165) is 0 Å². The topological polar surface area (TPSA) is 107 Å². The van der Waals surface area contributed by atoms with Gasteiger partial charge >= 0.3 is 19.2 Å². The number of nitrogens with zero attached hydrogens (tertiary/aromatic N) is 1. The fraction of sp³-hybridized carbons (Fsp3) is 0.467. The molecule has 0 aliphatic rings. The molecular formula is C15H22BNO6. The number of carboxylic acid groups (broad SMARTS) is 1. The molecule has 0 aromatic heterocycles. The van der Waals surface area contributed by atoms with E-state index in [-0.39, 0.29) is 11.9 Å². The van der Waals surface area contributed by atoms with Crippen molar-refractivity contribution in [3.63, 3.8) is 0 Å². The molecule has 3 N–H and O–H groups in total. The zero-order chi connectivity index (χ0) is 17.9. The van der Waals surface area contributed by atoms with Gasteiger partial charge < -0.3 is 19.9 Å². The van der Waals surface area contributed by atoms with Crippen molar-refractivity contribution >= 4 is 30.3 Å². The molecule has 0 aliphatic heterocycles. The average Bonchev–Trinajstić information content (AvgIpc) is 2.37. The number of amides is 1. The number of hydrogen-bond acceptors (Lipinski definition) is 5. The van der Waals surface area contributed by atoms with Crippen LogP contribution in [0, 0.1) is 6.92 Å². The van der Waals surface area contributed by atoms with Gasteiger partial charge in [-0.25, -0.2) is 4.79 Å². The summed E-state index contributed by atoms with van der Waals surface area (Å²) >= 11 is 0. The Labute approximate surface area is 135 Å². The second-order valence-electron chi connectivity index (χ2n) is 6.30. The molecule has 126 valence electrons. The Morgan fingerprint density at radius 2 is 1.83 bits per heavy atom. The lowest BCUT2D eigenvalue weighted by molar-refractivity contribution is -0.136. The van der Waals surface area contributed by atoms with E-state index in [0.29, 0.717) is 16.8 Å². The summed E-state index contributed by atoms with van der Waals surface area (Å²) in [6.07, 6.45) is -0.914. The molecular weight excluding hydrogens is 301 g/mol. The van der Waals surface area contributed by atoms with Crippen molar-refractivity contribution in [3.05, 3.63) is 23.3 Å². The van der Waals surface area contributed by atoms with Crippen LogP contribution in [0.2, 0.25) is 0 Å². The lowest BCUT2D eigenvalue weighted by Crippen LogP contribution is -2.37. The summed E-state index contributed by atoms with van der Waals surface area (Å²) in [4.78, 5) is 24.3. The Balaban J connectivity index is 3.27. The van der Waals surface area contributed by atoms with Gasteiger partial charge in [-0.15, -0.1) is 0 Å². The minimum atomic E-state index is -1.77. The van der Waals surface area contributed by atoms with Crippen molar-refractivity contribution in [1.29, 1.82) is 0 Å². The van der Waals surface area contributed by atoms with Gasteiger partial charge in [0.15, 0.2) is 0 Å². The van der Waals surface area contributed by atoms with E-state index in [1.165, 1.54) is 24.1 Å². The first kappa shape index (κ1) is 19.0. The molecule has 0 spiro atoms. The fourth-order valence-corrected chi connectivity index (χ4v) is 2.03. The maximum atomic E-state index is 12.1. The summed E-state index contributed by atoms with van der Waals surface area (Å²) in [6.45, 7) is 6.79. The molecule has 0 aliphatic carbocycles. The predicted molar refractivity (Wildman–Crippen MR) is 87.0 cm³/mol. The number of ether oxygens (including phenoxy) is 1. The highest BCUT2D eigenvalue weighted by Gasteiger charge is 2.24. The molecule has 0 unspecified atom stereocenters. The quantitative estimate of drug-likeness (QED) is 0.703. The summed E-state index contributed by atoms with van der Waals surface area (Å²) in [5.41, 5.74) is 0.648. The normalized spacial score (nSPS) is 11.1. The first-order chi connectivity index (χ1) is 10.4. The van der Waals surface area contributed by atoms with Crippen LogP contribution in [-0.4, -0.2) is 47.0 Å². The largest absolute Gasteiger partial charge is 0.488 e. The minimum Gasteiger partial charge on any atom is -0.481 e. The smallest absolute Gasteiger partial charge is 0.481 e. The zero-order valence-corrected chi connectivity index (χ0v) is 14.0. The number of benzene rings is 1. The van der Waals surface area contributed by atoms with Gasteiger partial charge in [0.05, 0.1) is 6.42 Å². The van der Waals surface area contributed by atoms with Crippen LogP contribution in [0.15, 0.2) is 12.1 Å². The van der Waals surface area contributed by atoms with E-state index >= 15 is 0 Å². The third kappa shape index (κ3) is 5.26. The van der Waals surface area contributed by atoms with Crippen LogP contribution in [0.1, 0.15) is 31.9 Å². The Hall–Kier alpha value is -2.06. The summed E-state index contributed by atoms with van der Waals surface area (Å²) in [6, 6.07) is 2.95. The average molecular weight is 323 g/mol. The van der Waals surface area contributed by atoms with Gasteiger partial charge in [-0.05, 0) is 56.4 Å². The van der Waals surface area contributed by atoms with Crippen molar-refractivity contribution in [1.82, 2.24) is 0 Å². The Morgan fingerprint density at radius 3 is 2.26 bits per heavy atom. The van der Waals surface area contributed by atoms with Crippen molar-refractivity contribution < 1.29 is 29.5 Å². The summed E-state index contributed by atoms with van der Waals surface area (Å²) < 4.78 is 5.25. The molecule has 8 heteroatoms. The van der Waals surface area contributed by atoms with Gasteiger partial charge in [0.2, 0.25) is 0 Å². The summed E-state index contributed by atoms with van der Waals surface area (Å²) in [5, 5.41) is 27.9. The predicted octanol–water partition coefficient (Wildman–Crippen LogP) is 0.673. The Morgan fingerprint density at radius 1 is 1.26 bits per heavy atom. The molecule has 1 rings (SSSR count). The molecule has 0 heterocycles. The van der Waals surface area contributed by atoms with Crippen LogP contribution in [0.25, 0.3) is 0 Å². The molecule has 23 heavy (non-hydrogen) atoms. The number of carboxylic acids is 1. The van der Waals surface area contributed by atoms with Crippen LogP contribution < -0.4 is 10.4 Å². The number of carbonyl (C=O) groups is 2. The van der Waals surface area contributed by atoms with Crippen molar-refractivity contribution in [2.75, 3.05) is 11.9 Å².